The third kappa shape index (κ3) is 5.72. The average molecular weight is 387 g/mol. The second-order valence-corrected chi connectivity index (χ2v) is 6.04. The summed E-state index contributed by atoms with van der Waals surface area (Å²) in [6, 6.07) is 14.2. The van der Waals surface area contributed by atoms with E-state index in [1.807, 2.05) is 19.1 Å². The lowest BCUT2D eigenvalue weighted by Gasteiger charge is -2.21. The van der Waals surface area contributed by atoms with Crippen LogP contribution in [0.3, 0.4) is 0 Å². The first-order valence-corrected chi connectivity index (χ1v) is 8.90. The fourth-order valence-electron chi connectivity index (χ4n) is 2.70. The number of hydrogen-bond acceptors (Lipinski definition) is 5. The van der Waals surface area contributed by atoms with E-state index in [-0.39, 0.29) is 18.9 Å². The average Bonchev–Trinajstić information content (AvgIpc) is 2.72. The molecule has 0 bridgehead atoms. The molecule has 1 N–H and O–H groups in total. The monoisotopic (exact) mass is 387 g/mol. The lowest BCUT2D eigenvalue weighted by atomic mass is 10.1. The maximum Gasteiger partial charge on any atom is 0.333 e. The Morgan fingerprint density at radius 2 is 1.61 bits per heavy atom. The molecule has 0 aromatic heterocycles. The number of methoxy groups -OCH3 is 2. The molecule has 2 rings (SSSR count). The van der Waals surface area contributed by atoms with Crippen molar-refractivity contribution in [3.8, 4) is 11.5 Å². The van der Waals surface area contributed by atoms with Crippen molar-refractivity contribution in [1.29, 1.82) is 0 Å². The van der Waals surface area contributed by atoms with Gasteiger partial charge in [0.15, 0.2) is 12.7 Å². The van der Waals surface area contributed by atoms with Gasteiger partial charge >= 0.3 is 5.97 Å². The molecule has 7 nitrogen and oxygen atoms in total. The number of amides is 1. The molecular weight excluding hydrogens is 362 g/mol. The molecule has 1 amide bonds. The first-order chi connectivity index (χ1) is 13.5. The first-order valence-electron chi connectivity index (χ1n) is 8.90. The Labute approximate surface area is 164 Å². The highest BCUT2D eigenvalue weighted by molar-refractivity contribution is 5.94. The smallest absolute Gasteiger partial charge is 0.333 e. The summed E-state index contributed by atoms with van der Waals surface area (Å²) in [6.45, 7) is 2.31. The fraction of sp³-hybridized carbons (Fsp3) is 0.333. The van der Waals surface area contributed by atoms with Gasteiger partial charge in [0.2, 0.25) is 0 Å². The second kappa shape index (κ2) is 10.3. The van der Waals surface area contributed by atoms with Gasteiger partial charge in [-0.3, -0.25) is 4.79 Å². The highest BCUT2D eigenvalue weighted by Gasteiger charge is 2.17. The van der Waals surface area contributed by atoms with E-state index in [1.54, 1.807) is 48.4 Å². The molecular formula is C21H25NO6. The molecule has 0 aliphatic carbocycles. The largest absolute Gasteiger partial charge is 0.497 e. The van der Waals surface area contributed by atoms with Gasteiger partial charge in [0.05, 0.1) is 7.11 Å². The molecule has 0 aliphatic heterocycles. The van der Waals surface area contributed by atoms with Gasteiger partial charge in [-0.1, -0.05) is 12.1 Å². The van der Waals surface area contributed by atoms with Crippen molar-refractivity contribution in [2.45, 2.75) is 19.4 Å². The maximum absolute atomic E-state index is 12.5. The molecule has 7 heteroatoms. The Balaban J connectivity index is 1.94. The van der Waals surface area contributed by atoms with Gasteiger partial charge in [0.1, 0.15) is 11.5 Å². The number of hydrogen-bond donors (Lipinski definition) is 1. The molecule has 0 aliphatic rings. The van der Waals surface area contributed by atoms with Crippen molar-refractivity contribution in [2.24, 2.45) is 0 Å². The van der Waals surface area contributed by atoms with E-state index in [2.05, 4.69) is 0 Å². The van der Waals surface area contributed by atoms with Crippen molar-refractivity contribution in [1.82, 2.24) is 0 Å². The van der Waals surface area contributed by atoms with Crippen molar-refractivity contribution < 1.29 is 28.9 Å². The quantitative estimate of drug-likeness (QED) is 0.675. The summed E-state index contributed by atoms with van der Waals surface area (Å²) in [4.78, 5) is 25.2. The van der Waals surface area contributed by atoms with E-state index >= 15 is 0 Å². The van der Waals surface area contributed by atoms with Gasteiger partial charge in [-0.2, -0.15) is 0 Å². The molecule has 0 saturated heterocycles. The third-order valence-electron chi connectivity index (χ3n) is 4.27. The summed E-state index contributed by atoms with van der Waals surface area (Å²) >= 11 is 0. The van der Waals surface area contributed by atoms with Crippen LogP contribution in [0.5, 0.6) is 11.5 Å². The minimum atomic E-state index is -1.01. The second-order valence-electron chi connectivity index (χ2n) is 6.04. The predicted octanol–water partition coefficient (Wildman–Crippen LogP) is 2.77. The summed E-state index contributed by atoms with van der Waals surface area (Å²) in [7, 11) is 2.96. The molecule has 0 spiro atoms. The highest BCUT2D eigenvalue weighted by atomic mass is 16.5. The van der Waals surface area contributed by atoms with E-state index in [9.17, 15) is 9.59 Å². The zero-order valence-electron chi connectivity index (χ0n) is 16.3. The number of nitrogens with zero attached hydrogens (tertiary/aromatic N) is 1. The van der Waals surface area contributed by atoms with E-state index in [4.69, 9.17) is 19.3 Å². The van der Waals surface area contributed by atoms with E-state index < -0.39 is 12.1 Å². The standard InChI is InChI=1S/C21H25NO6/c1-4-22(16-7-11-17(26-2)12-8-16)20(23)14-28-18-9-5-15(6-10-18)13-19(27-3)21(24)25/h5-12,19H,4,13-14H2,1-3H3,(H,24,25)/t19-/m0/s1. The highest BCUT2D eigenvalue weighted by Crippen LogP contribution is 2.20. The normalized spacial score (nSPS) is 11.5. The summed E-state index contributed by atoms with van der Waals surface area (Å²) < 4.78 is 15.7. The number of carboxylic acids is 1. The Morgan fingerprint density at radius 1 is 1.00 bits per heavy atom. The van der Waals surface area contributed by atoms with Gasteiger partial charge in [-0.25, -0.2) is 4.79 Å². The Hall–Kier alpha value is -3.06. The van der Waals surface area contributed by atoms with E-state index in [0.717, 1.165) is 17.0 Å². The lowest BCUT2D eigenvalue weighted by Crippen LogP contribution is -2.34. The molecule has 28 heavy (non-hydrogen) atoms. The van der Waals surface area contributed by atoms with Crippen LogP contribution in [-0.4, -0.2) is 50.5 Å². The molecule has 2 aromatic rings. The maximum atomic E-state index is 12.5. The SMILES string of the molecule is CCN(C(=O)COc1ccc(C[C@H](OC)C(=O)O)cc1)c1ccc(OC)cc1. The third-order valence-corrected chi connectivity index (χ3v) is 4.27. The molecule has 0 heterocycles. The molecule has 0 fully saturated rings. The lowest BCUT2D eigenvalue weighted by molar-refractivity contribution is -0.148. The molecule has 0 radical (unpaired) electrons. The summed E-state index contributed by atoms with van der Waals surface area (Å²) in [5.41, 5.74) is 1.58. The number of ether oxygens (including phenoxy) is 3. The topological polar surface area (TPSA) is 85.3 Å². The first kappa shape index (κ1) is 21.2. The van der Waals surface area contributed by atoms with E-state index in [1.165, 1.54) is 7.11 Å². The number of carbonyl (C=O) groups is 2. The van der Waals surface area contributed by atoms with Gasteiger partial charge in [0, 0.05) is 25.8 Å². The van der Waals surface area contributed by atoms with Crippen LogP contribution >= 0.6 is 0 Å². The van der Waals surface area contributed by atoms with Crippen LogP contribution in [0.15, 0.2) is 48.5 Å². The predicted molar refractivity (Wildman–Crippen MR) is 105 cm³/mol. The Morgan fingerprint density at radius 3 is 2.11 bits per heavy atom. The van der Waals surface area contributed by atoms with Gasteiger partial charge in [-0.05, 0) is 48.9 Å². The van der Waals surface area contributed by atoms with Gasteiger partial charge in [0.25, 0.3) is 5.91 Å². The van der Waals surface area contributed by atoms with Gasteiger partial charge in [-0.15, -0.1) is 0 Å². The fourth-order valence-corrected chi connectivity index (χ4v) is 2.70. The Bertz CT molecular complexity index is 772. The molecule has 150 valence electrons. The number of aliphatic carboxylic acids is 1. The number of carboxylic acid groups (broad SMARTS) is 1. The zero-order valence-corrected chi connectivity index (χ0v) is 16.3. The van der Waals surface area contributed by atoms with Gasteiger partial charge < -0.3 is 24.2 Å². The van der Waals surface area contributed by atoms with Crippen LogP contribution in [0.25, 0.3) is 0 Å². The van der Waals surface area contributed by atoms with Crippen molar-refractivity contribution >= 4 is 17.6 Å². The molecule has 2 aromatic carbocycles. The van der Waals surface area contributed by atoms with Crippen molar-refractivity contribution in [3.05, 3.63) is 54.1 Å². The van der Waals surface area contributed by atoms with Crippen LogP contribution in [0.1, 0.15) is 12.5 Å². The van der Waals surface area contributed by atoms with Crippen LogP contribution < -0.4 is 14.4 Å². The Kier molecular flexibility index (Phi) is 7.83. The van der Waals surface area contributed by atoms with Crippen LogP contribution in [0.2, 0.25) is 0 Å². The molecule has 0 unspecified atom stereocenters. The minimum absolute atomic E-state index is 0.102. The van der Waals surface area contributed by atoms with E-state index in [0.29, 0.717) is 12.3 Å². The molecule has 0 saturated carbocycles. The minimum Gasteiger partial charge on any atom is -0.497 e. The number of likely N-dealkylation sites (N-methyl/N-ethyl adjacent to an activating group) is 1. The van der Waals surface area contributed by atoms with Crippen LogP contribution in [0, 0.1) is 0 Å². The van der Waals surface area contributed by atoms with Crippen molar-refractivity contribution in [3.63, 3.8) is 0 Å². The summed E-state index contributed by atoms with van der Waals surface area (Å²) in [6.07, 6.45) is -0.637. The zero-order chi connectivity index (χ0) is 20.5. The van der Waals surface area contributed by atoms with Crippen LogP contribution in [-0.2, 0) is 20.7 Å². The number of benzene rings is 2. The number of carbonyl (C=O) groups excluding carboxylic acids is 1. The summed E-state index contributed by atoms with van der Waals surface area (Å²) in [5, 5.41) is 9.03. The number of rotatable bonds is 10. The number of anilines is 1. The molecule has 1 atom stereocenters. The van der Waals surface area contributed by atoms with Crippen molar-refractivity contribution in [2.75, 3.05) is 32.3 Å². The van der Waals surface area contributed by atoms with Crippen LogP contribution in [0.4, 0.5) is 5.69 Å². The summed E-state index contributed by atoms with van der Waals surface area (Å²) in [5.74, 6) is 0.0862.